The Bertz CT molecular complexity index is 790. The molecule has 1 aromatic carbocycles. The normalized spacial score (nSPS) is 15.7. The van der Waals surface area contributed by atoms with E-state index in [9.17, 15) is 4.79 Å². The maximum atomic E-state index is 12.0. The second-order valence-corrected chi connectivity index (χ2v) is 7.22. The first-order valence-corrected chi connectivity index (χ1v) is 9.23. The summed E-state index contributed by atoms with van der Waals surface area (Å²) in [6.07, 6.45) is 1.69. The first kappa shape index (κ1) is 16.4. The average molecular weight is 457 g/mol. The van der Waals surface area contributed by atoms with Gasteiger partial charge < -0.3 is 9.47 Å². The molecule has 0 saturated heterocycles. The number of aliphatic imine (C=N–C) groups is 1. The summed E-state index contributed by atoms with van der Waals surface area (Å²) in [5.74, 6) is 0.626. The number of cyclic esters (lactones) is 1. The summed E-state index contributed by atoms with van der Waals surface area (Å²) < 4.78 is 12.4. The standard InChI is InChI=1S/C16H11Br2NO3S/c1-2-21-14-10(17)6-9(7-11(14)18)8-12-16(20)22-15(19-12)13-4-3-5-23-13/h3-8H,2H2,1H3/b12-8-. The Morgan fingerprint density at radius 3 is 2.70 bits per heavy atom. The zero-order valence-corrected chi connectivity index (χ0v) is 16.0. The molecule has 7 heteroatoms. The van der Waals surface area contributed by atoms with E-state index in [0.717, 1.165) is 25.1 Å². The quantitative estimate of drug-likeness (QED) is 0.479. The average Bonchev–Trinajstić information content (AvgIpc) is 3.13. The number of ether oxygens (including phenoxy) is 2. The van der Waals surface area contributed by atoms with Crippen LogP contribution in [0.2, 0.25) is 0 Å². The van der Waals surface area contributed by atoms with Crippen molar-refractivity contribution in [3.63, 3.8) is 0 Å². The van der Waals surface area contributed by atoms with Crippen molar-refractivity contribution in [3.05, 3.63) is 54.7 Å². The maximum absolute atomic E-state index is 12.0. The number of rotatable bonds is 4. The molecule has 0 bridgehead atoms. The minimum absolute atomic E-state index is 0.274. The molecular weight excluding hydrogens is 446 g/mol. The fraction of sp³-hybridized carbons (Fsp3) is 0.125. The van der Waals surface area contributed by atoms with Gasteiger partial charge in [-0.25, -0.2) is 9.79 Å². The van der Waals surface area contributed by atoms with Gasteiger partial charge in [-0.3, -0.25) is 0 Å². The smallest absolute Gasteiger partial charge is 0.363 e. The zero-order chi connectivity index (χ0) is 16.4. The lowest BCUT2D eigenvalue weighted by molar-refractivity contribution is -0.129. The van der Waals surface area contributed by atoms with Crippen LogP contribution in [0.25, 0.3) is 6.08 Å². The van der Waals surface area contributed by atoms with Crippen LogP contribution >= 0.6 is 43.2 Å². The van der Waals surface area contributed by atoms with Gasteiger partial charge in [-0.2, -0.15) is 0 Å². The number of carbonyl (C=O) groups excluding carboxylic acids is 1. The highest BCUT2D eigenvalue weighted by atomic mass is 79.9. The van der Waals surface area contributed by atoms with Crippen LogP contribution < -0.4 is 4.74 Å². The molecule has 118 valence electrons. The number of hydrogen-bond acceptors (Lipinski definition) is 5. The van der Waals surface area contributed by atoms with E-state index in [0.29, 0.717) is 12.5 Å². The minimum Gasteiger partial charge on any atom is -0.492 e. The Kier molecular flexibility index (Phi) is 4.99. The van der Waals surface area contributed by atoms with Gasteiger partial charge in [0.05, 0.1) is 20.4 Å². The van der Waals surface area contributed by atoms with E-state index < -0.39 is 5.97 Å². The number of benzene rings is 1. The molecule has 0 unspecified atom stereocenters. The topological polar surface area (TPSA) is 47.9 Å². The van der Waals surface area contributed by atoms with Crippen LogP contribution in [0.15, 0.2) is 49.3 Å². The Labute approximate surface area is 154 Å². The summed E-state index contributed by atoms with van der Waals surface area (Å²) in [6.45, 7) is 2.49. The molecule has 0 N–H and O–H groups in total. The Balaban J connectivity index is 1.94. The molecule has 0 aliphatic carbocycles. The van der Waals surface area contributed by atoms with Gasteiger partial charge in [-0.05, 0) is 74.0 Å². The van der Waals surface area contributed by atoms with E-state index in [-0.39, 0.29) is 5.70 Å². The van der Waals surface area contributed by atoms with Crippen molar-refractivity contribution in [2.75, 3.05) is 6.61 Å². The summed E-state index contributed by atoms with van der Waals surface area (Å²) in [5.41, 5.74) is 1.09. The molecule has 0 radical (unpaired) electrons. The maximum Gasteiger partial charge on any atom is 0.363 e. The summed E-state index contributed by atoms with van der Waals surface area (Å²) in [4.78, 5) is 17.1. The van der Waals surface area contributed by atoms with Gasteiger partial charge in [0.2, 0.25) is 5.90 Å². The molecule has 23 heavy (non-hydrogen) atoms. The highest BCUT2D eigenvalue weighted by Crippen LogP contribution is 2.35. The Morgan fingerprint density at radius 2 is 2.09 bits per heavy atom. The number of carbonyl (C=O) groups is 1. The molecule has 0 fully saturated rings. The molecule has 2 aromatic rings. The van der Waals surface area contributed by atoms with E-state index in [1.807, 2.05) is 36.6 Å². The predicted octanol–water partition coefficient (Wildman–Crippen LogP) is 5.02. The largest absolute Gasteiger partial charge is 0.492 e. The number of nitrogens with zero attached hydrogens (tertiary/aromatic N) is 1. The number of halogens is 2. The van der Waals surface area contributed by atoms with Crippen molar-refractivity contribution in [2.45, 2.75) is 6.92 Å². The van der Waals surface area contributed by atoms with Crippen LogP contribution in [0.1, 0.15) is 17.4 Å². The third-order valence-electron chi connectivity index (χ3n) is 2.97. The SMILES string of the molecule is CCOc1c(Br)cc(/C=C2\N=C(c3cccs3)OC2=O)cc1Br. The molecule has 3 rings (SSSR count). The van der Waals surface area contributed by atoms with Crippen molar-refractivity contribution in [2.24, 2.45) is 4.99 Å². The van der Waals surface area contributed by atoms with Crippen molar-refractivity contribution in [3.8, 4) is 5.75 Å². The number of thiophene rings is 1. The predicted molar refractivity (Wildman–Crippen MR) is 97.9 cm³/mol. The molecule has 0 spiro atoms. The fourth-order valence-corrected chi connectivity index (χ4v) is 4.12. The molecule has 2 heterocycles. The van der Waals surface area contributed by atoms with Crippen LogP contribution in [0, 0.1) is 0 Å². The van der Waals surface area contributed by atoms with Crippen LogP contribution in [0.3, 0.4) is 0 Å². The lowest BCUT2D eigenvalue weighted by Gasteiger charge is -2.09. The van der Waals surface area contributed by atoms with Crippen molar-refractivity contribution in [1.82, 2.24) is 0 Å². The van der Waals surface area contributed by atoms with Gasteiger partial charge >= 0.3 is 5.97 Å². The van der Waals surface area contributed by atoms with E-state index in [1.54, 1.807) is 6.08 Å². The van der Waals surface area contributed by atoms with Crippen molar-refractivity contribution < 1.29 is 14.3 Å². The zero-order valence-electron chi connectivity index (χ0n) is 12.0. The second-order valence-electron chi connectivity index (χ2n) is 4.56. The fourth-order valence-electron chi connectivity index (χ4n) is 2.02. The minimum atomic E-state index is -0.450. The van der Waals surface area contributed by atoms with E-state index in [4.69, 9.17) is 9.47 Å². The van der Waals surface area contributed by atoms with Crippen LogP contribution in [0.4, 0.5) is 0 Å². The highest BCUT2D eigenvalue weighted by molar-refractivity contribution is 9.11. The number of hydrogen-bond donors (Lipinski definition) is 0. The lowest BCUT2D eigenvalue weighted by atomic mass is 10.2. The van der Waals surface area contributed by atoms with Crippen LogP contribution in [0.5, 0.6) is 5.75 Å². The molecule has 1 aliphatic rings. The summed E-state index contributed by atoms with van der Waals surface area (Å²) in [5, 5.41) is 1.91. The van der Waals surface area contributed by atoms with Gasteiger partial charge in [0.15, 0.2) is 5.70 Å². The van der Waals surface area contributed by atoms with E-state index in [1.165, 1.54) is 11.3 Å². The molecule has 0 atom stereocenters. The van der Waals surface area contributed by atoms with Crippen LogP contribution in [-0.2, 0) is 9.53 Å². The second kappa shape index (κ2) is 6.98. The number of esters is 1. The molecular formula is C16H11Br2NO3S. The van der Waals surface area contributed by atoms with Gasteiger partial charge in [-0.1, -0.05) is 6.07 Å². The van der Waals surface area contributed by atoms with Crippen molar-refractivity contribution >= 4 is 61.1 Å². The summed E-state index contributed by atoms with van der Waals surface area (Å²) in [6, 6.07) is 7.49. The third-order valence-corrected chi connectivity index (χ3v) is 5.00. The molecule has 0 saturated carbocycles. The molecule has 1 aliphatic heterocycles. The Morgan fingerprint density at radius 1 is 1.35 bits per heavy atom. The third kappa shape index (κ3) is 3.57. The highest BCUT2D eigenvalue weighted by Gasteiger charge is 2.24. The van der Waals surface area contributed by atoms with Gasteiger partial charge in [0.25, 0.3) is 0 Å². The van der Waals surface area contributed by atoms with E-state index in [2.05, 4.69) is 36.9 Å². The first-order chi connectivity index (χ1) is 11.1. The molecule has 1 aromatic heterocycles. The molecule has 0 amide bonds. The van der Waals surface area contributed by atoms with E-state index >= 15 is 0 Å². The molecule has 4 nitrogen and oxygen atoms in total. The Hall–Kier alpha value is -1.44. The van der Waals surface area contributed by atoms with Crippen molar-refractivity contribution in [1.29, 1.82) is 0 Å². The van der Waals surface area contributed by atoms with Gasteiger partial charge in [-0.15, -0.1) is 11.3 Å². The van der Waals surface area contributed by atoms with Gasteiger partial charge in [0.1, 0.15) is 5.75 Å². The monoisotopic (exact) mass is 455 g/mol. The first-order valence-electron chi connectivity index (χ1n) is 6.76. The van der Waals surface area contributed by atoms with Gasteiger partial charge in [0, 0.05) is 0 Å². The lowest BCUT2D eigenvalue weighted by Crippen LogP contribution is -2.03. The van der Waals surface area contributed by atoms with Crippen LogP contribution in [-0.4, -0.2) is 18.5 Å². The summed E-state index contributed by atoms with van der Waals surface area (Å²) in [7, 11) is 0. The summed E-state index contributed by atoms with van der Waals surface area (Å²) >= 11 is 8.42.